The Morgan fingerprint density at radius 2 is 2.00 bits per heavy atom. The number of alkyl halides is 3. The van der Waals surface area contributed by atoms with Crippen LogP contribution in [0.15, 0.2) is 29.1 Å². The second-order valence-corrected chi connectivity index (χ2v) is 4.52. The van der Waals surface area contributed by atoms with Crippen LogP contribution in [0.25, 0.3) is 11.0 Å². The summed E-state index contributed by atoms with van der Waals surface area (Å²) in [5.41, 5.74) is 0.572. The van der Waals surface area contributed by atoms with Crippen molar-refractivity contribution in [1.82, 2.24) is 24.3 Å². The number of H-pyrrole nitrogens is 1. The summed E-state index contributed by atoms with van der Waals surface area (Å²) in [5.74, 6) is -0.867. The number of hydrogen-bond donors (Lipinski definition) is 1. The van der Waals surface area contributed by atoms with E-state index in [0.717, 1.165) is 17.2 Å². The van der Waals surface area contributed by atoms with Gasteiger partial charge < -0.3 is 4.98 Å². The van der Waals surface area contributed by atoms with E-state index in [1.54, 1.807) is 24.3 Å². The van der Waals surface area contributed by atoms with E-state index in [9.17, 15) is 18.0 Å². The fourth-order valence-corrected chi connectivity index (χ4v) is 2.06. The van der Waals surface area contributed by atoms with Gasteiger partial charge >= 0.3 is 11.9 Å². The van der Waals surface area contributed by atoms with Crippen molar-refractivity contribution in [3.63, 3.8) is 0 Å². The molecule has 9 heteroatoms. The number of rotatable bonds is 2. The van der Waals surface area contributed by atoms with Crippen LogP contribution in [0.5, 0.6) is 0 Å². The van der Waals surface area contributed by atoms with Gasteiger partial charge in [-0.3, -0.25) is 4.57 Å². The Kier molecular flexibility index (Phi) is 2.85. The molecule has 2 aromatic heterocycles. The summed E-state index contributed by atoms with van der Waals surface area (Å²) in [6.45, 7) is -0.155. The number of nitrogens with zero attached hydrogens (tertiary/aromatic N) is 4. The molecular weight excluding hydrogens is 287 g/mol. The monoisotopic (exact) mass is 297 g/mol. The molecule has 21 heavy (non-hydrogen) atoms. The van der Waals surface area contributed by atoms with Gasteiger partial charge in [-0.1, -0.05) is 12.1 Å². The lowest BCUT2D eigenvalue weighted by atomic mass is 10.3. The molecule has 3 aromatic rings. The van der Waals surface area contributed by atoms with Crippen molar-refractivity contribution in [2.24, 2.45) is 7.05 Å². The summed E-state index contributed by atoms with van der Waals surface area (Å²) >= 11 is 0. The molecule has 0 unspecified atom stereocenters. The van der Waals surface area contributed by atoms with Crippen molar-refractivity contribution in [1.29, 1.82) is 0 Å². The third-order valence-electron chi connectivity index (χ3n) is 3.03. The molecule has 3 rings (SSSR count). The smallest absolute Gasteiger partial charge is 0.340 e. The van der Waals surface area contributed by atoms with E-state index >= 15 is 0 Å². The minimum atomic E-state index is -4.67. The molecule has 0 aliphatic carbocycles. The SMILES string of the molecule is Cn1c(C(F)(F)F)nn(Cc2nc3ccccc3[nH]2)c1=O. The topological polar surface area (TPSA) is 68.5 Å². The van der Waals surface area contributed by atoms with Crippen LogP contribution in [0, 0.1) is 0 Å². The molecule has 0 saturated heterocycles. The van der Waals surface area contributed by atoms with E-state index in [1.807, 2.05) is 0 Å². The standard InChI is InChI=1S/C12H10F3N5O/c1-19-10(12(13,14)15)18-20(11(19)21)6-9-16-7-4-2-3-5-8(7)17-9/h2-5H,6H2,1H3,(H,16,17). The van der Waals surface area contributed by atoms with Crippen LogP contribution in [-0.4, -0.2) is 24.3 Å². The maximum Gasteiger partial charge on any atom is 0.451 e. The Hall–Kier alpha value is -2.58. The molecule has 2 heterocycles. The first-order valence-corrected chi connectivity index (χ1v) is 6.01. The molecule has 0 saturated carbocycles. The molecule has 1 aromatic carbocycles. The average molecular weight is 297 g/mol. The summed E-state index contributed by atoms with van der Waals surface area (Å²) in [4.78, 5) is 18.9. The maximum atomic E-state index is 12.7. The van der Waals surface area contributed by atoms with Crippen LogP contribution >= 0.6 is 0 Å². The lowest BCUT2D eigenvalue weighted by Crippen LogP contribution is -2.25. The van der Waals surface area contributed by atoms with Gasteiger partial charge in [0.25, 0.3) is 0 Å². The second kappa shape index (κ2) is 4.47. The Labute approximate surface area is 115 Å². The van der Waals surface area contributed by atoms with Gasteiger partial charge in [0.1, 0.15) is 12.4 Å². The molecule has 0 bridgehead atoms. The van der Waals surface area contributed by atoms with Crippen LogP contribution < -0.4 is 5.69 Å². The number of fused-ring (bicyclic) bond motifs is 1. The third kappa shape index (κ3) is 2.30. The number of nitrogens with one attached hydrogen (secondary N) is 1. The first kappa shape index (κ1) is 13.4. The molecule has 1 N–H and O–H groups in total. The van der Waals surface area contributed by atoms with Crippen LogP contribution in [0.4, 0.5) is 13.2 Å². The number of aromatic nitrogens is 5. The molecule has 6 nitrogen and oxygen atoms in total. The lowest BCUT2D eigenvalue weighted by molar-refractivity contribution is -0.147. The zero-order valence-corrected chi connectivity index (χ0v) is 10.8. The van der Waals surface area contributed by atoms with Gasteiger partial charge in [-0.2, -0.15) is 13.2 Å². The summed E-state index contributed by atoms with van der Waals surface area (Å²) in [6, 6.07) is 7.15. The number of aromatic amines is 1. The summed E-state index contributed by atoms with van der Waals surface area (Å²) in [6.07, 6.45) is -4.67. The van der Waals surface area contributed by atoms with Crippen molar-refractivity contribution in [3.8, 4) is 0 Å². The minimum Gasteiger partial charge on any atom is -0.340 e. The van der Waals surface area contributed by atoms with Gasteiger partial charge in [0, 0.05) is 7.05 Å². The van der Waals surface area contributed by atoms with Crippen LogP contribution in [0.2, 0.25) is 0 Å². The zero-order chi connectivity index (χ0) is 15.2. The van der Waals surface area contributed by atoms with Gasteiger partial charge in [-0.05, 0) is 12.1 Å². The first-order chi connectivity index (χ1) is 9.86. The number of imidazole rings is 1. The Morgan fingerprint density at radius 1 is 1.29 bits per heavy atom. The molecule has 0 aliphatic rings. The highest BCUT2D eigenvalue weighted by atomic mass is 19.4. The first-order valence-electron chi connectivity index (χ1n) is 6.01. The molecule has 0 fully saturated rings. The van der Waals surface area contributed by atoms with Crippen molar-refractivity contribution >= 4 is 11.0 Å². The van der Waals surface area contributed by atoms with Crippen molar-refractivity contribution in [2.45, 2.75) is 12.7 Å². The van der Waals surface area contributed by atoms with Gasteiger partial charge in [0.15, 0.2) is 0 Å². The lowest BCUT2D eigenvalue weighted by Gasteiger charge is -2.02. The van der Waals surface area contributed by atoms with Crippen molar-refractivity contribution in [3.05, 3.63) is 46.4 Å². The molecular formula is C12H10F3N5O. The highest BCUT2D eigenvalue weighted by molar-refractivity contribution is 5.74. The highest BCUT2D eigenvalue weighted by Gasteiger charge is 2.38. The summed E-state index contributed by atoms with van der Waals surface area (Å²) in [7, 11) is 1.04. The normalized spacial score (nSPS) is 12.2. The number of hydrogen-bond acceptors (Lipinski definition) is 3. The molecule has 0 radical (unpaired) electrons. The largest absolute Gasteiger partial charge is 0.451 e. The molecule has 0 aliphatic heterocycles. The zero-order valence-electron chi connectivity index (χ0n) is 10.8. The molecule has 0 atom stereocenters. The highest BCUT2D eigenvalue weighted by Crippen LogP contribution is 2.26. The van der Waals surface area contributed by atoms with E-state index in [2.05, 4.69) is 15.1 Å². The van der Waals surface area contributed by atoms with Gasteiger partial charge in [0.2, 0.25) is 5.82 Å². The van der Waals surface area contributed by atoms with Gasteiger partial charge in [-0.25, -0.2) is 14.5 Å². The van der Waals surface area contributed by atoms with E-state index in [4.69, 9.17) is 0 Å². The number of halogens is 3. The van der Waals surface area contributed by atoms with E-state index in [0.29, 0.717) is 15.9 Å². The van der Waals surface area contributed by atoms with E-state index in [-0.39, 0.29) is 6.54 Å². The minimum absolute atomic E-state index is 0.155. The quantitative estimate of drug-likeness (QED) is 0.780. The van der Waals surface area contributed by atoms with E-state index < -0.39 is 17.7 Å². The predicted octanol–water partition coefficient (Wildman–Crippen LogP) is 1.53. The molecule has 110 valence electrons. The van der Waals surface area contributed by atoms with Crippen molar-refractivity contribution in [2.75, 3.05) is 0 Å². The number of benzene rings is 1. The molecule has 0 amide bonds. The number of para-hydroxylation sites is 2. The van der Waals surface area contributed by atoms with Crippen LogP contribution in [0.1, 0.15) is 11.6 Å². The predicted molar refractivity (Wildman–Crippen MR) is 67.7 cm³/mol. The Bertz CT molecular complexity index is 825. The van der Waals surface area contributed by atoms with Crippen LogP contribution in [0.3, 0.4) is 0 Å². The fraction of sp³-hybridized carbons (Fsp3) is 0.250. The second-order valence-electron chi connectivity index (χ2n) is 4.52. The Balaban J connectivity index is 2.00. The van der Waals surface area contributed by atoms with Gasteiger partial charge in [-0.15, -0.1) is 5.10 Å². The average Bonchev–Trinajstić information content (AvgIpc) is 2.93. The Morgan fingerprint density at radius 3 is 2.62 bits per heavy atom. The summed E-state index contributed by atoms with van der Waals surface area (Å²) < 4.78 is 39.3. The van der Waals surface area contributed by atoms with E-state index in [1.165, 1.54) is 0 Å². The maximum absolute atomic E-state index is 12.7. The van der Waals surface area contributed by atoms with Crippen LogP contribution in [-0.2, 0) is 19.8 Å². The summed E-state index contributed by atoms with van der Waals surface area (Å²) in [5, 5.41) is 3.33. The van der Waals surface area contributed by atoms with Gasteiger partial charge in [0.05, 0.1) is 11.0 Å². The fourth-order valence-electron chi connectivity index (χ4n) is 2.06. The molecule has 0 spiro atoms. The van der Waals surface area contributed by atoms with Crippen molar-refractivity contribution < 1.29 is 13.2 Å². The third-order valence-corrected chi connectivity index (χ3v) is 3.03.